The van der Waals surface area contributed by atoms with Crippen LogP contribution in [-0.2, 0) is 19.1 Å². The third-order valence-corrected chi connectivity index (χ3v) is 9.68. The summed E-state index contributed by atoms with van der Waals surface area (Å²) in [5.74, 6) is -0.311. The van der Waals surface area contributed by atoms with Crippen molar-refractivity contribution in [2.24, 2.45) is 0 Å². The molecule has 4 aromatic rings. The normalized spacial score (nSPS) is 13.8. The molecule has 0 aromatic heterocycles. The Kier molecular flexibility index (Phi) is 10.7. The van der Waals surface area contributed by atoms with Crippen molar-refractivity contribution in [3.8, 4) is 11.1 Å². The topological polar surface area (TPSA) is 55.8 Å². The molecule has 0 aliphatic heterocycles. The molecular formula is C42H47NO4. The number of rotatable bonds is 13. The molecule has 0 bridgehead atoms. The zero-order valence-corrected chi connectivity index (χ0v) is 28.7. The largest absolute Gasteiger partial charge is 0.466 e. The van der Waals surface area contributed by atoms with E-state index in [2.05, 4.69) is 119 Å². The van der Waals surface area contributed by atoms with Crippen LogP contribution < -0.4 is 4.90 Å². The summed E-state index contributed by atoms with van der Waals surface area (Å²) in [5.41, 5.74) is 14.9. The molecule has 4 aromatic carbocycles. The van der Waals surface area contributed by atoms with E-state index in [9.17, 15) is 9.59 Å². The number of nitrogens with zero attached hydrogens (tertiary/aromatic N) is 1. The van der Waals surface area contributed by atoms with Gasteiger partial charge in [-0.2, -0.15) is 0 Å². The molecule has 0 N–H and O–H groups in total. The maximum atomic E-state index is 11.8. The summed E-state index contributed by atoms with van der Waals surface area (Å²) in [5, 5.41) is 0. The zero-order valence-electron chi connectivity index (χ0n) is 28.7. The maximum absolute atomic E-state index is 11.8. The molecule has 5 rings (SSSR count). The van der Waals surface area contributed by atoms with E-state index in [1.54, 1.807) is 6.92 Å². The van der Waals surface area contributed by atoms with Crippen LogP contribution in [0.3, 0.4) is 0 Å². The van der Waals surface area contributed by atoms with Crippen molar-refractivity contribution in [1.82, 2.24) is 0 Å². The van der Waals surface area contributed by atoms with E-state index < -0.39 is 5.97 Å². The van der Waals surface area contributed by atoms with Gasteiger partial charge >= 0.3 is 11.9 Å². The molecule has 2 unspecified atom stereocenters. The Bertz CT molecular complexity index is 1740. The fourth-order valence-electron chi connectivity index (χ4n) is 6.63. The Morgan fingerprint density at radius 2 is 1.26 bits per heavy atom. The van der Waals surface area contributed by atoms with E-state index in [1.165, 1.54) is 56.1 Å². The predicted molar refractivity (Wildman–Crippen MR) is 192 cm³/mol. The Balaban J connectivity index is 1.51. The van der Waals surface area contributed by atoms with Crippen LogP contribution in [0.4, 0.5) is 17.1 Å². The van der Waals surface area contributed by atoms with Gasteiger partial charge in [-0.25, -0.2) is 4.79 Å². The quantitative estimate of drug-likeness (QED) is 0.109. The Morgan fingerprint density at radius 3 is 1.81 bits per heavy atom. The Morgan fingerprint density at radius 1 is 0.723 bits per heavy atom. The van der Waals surface area contributed by atoms with Crippen LogP contribution >= 0.6 is 0 Å². The number of aryl methyl sites for hydroxylation is 4. The molecule has 0 heterocycles. The van der Waals surface area contributed by atoms with Gasteiger partial charge in [-0.15, -0.1) is 0 Å². The van der Waals surface area contributed by atoms with Crippen LogP contribution in [0.25, 0.3) is 11.1 Å². The fraction of sp³-hybridized carbons (Fsp3) is 0.333. The van der Waals surface area contributed by atoms with Crippen molar-refractivity contribution < 1.29 is 19.1 Å². The summed E-state index contributed by atoms with van der Waals surface area (Å²) < 4.78 is 10.8. The van der Waals surface area contributed by atoms with E-state index in [1.807, 2.05) is 0 Å². The van der Waals surface area contributed by atoms with E-state index in [0.29, 0.717) is 25.9 Å². The van der Waals surface area contributed by atoms with Gasteiger partial charge in [0, 0.05) is 35.5 Å². The van der Waals surface area contributed by atoms with E-state index >= 15 is 0 Å². The summed E-state index contributed by atoms with van der Waals surface area (Å²) in [6.45, 7) is 16.8. The molecule has 1 aliphatic carbocycles. The fourth-order valence-corrected chi connectivity index (χ4v) is 6.63. The summed E-state index contributed by atoms with van der Waals surface area (Å²) >= 11 is 0. The van der Waals surface area contributed by atoms with Gasteiger partial charge in [-0.3, -0.25) is 4.79 Å². The number of anilines is 3. The Labute approximate surface area is 280 Å². The number of hydrogen-bond donors (Lipinski definition) is 0. The van der Waals surface area contributed by atoms with E-state index in [4.69, 9.17) is 9.47 Å². The monoisotopic (exact) mass is 629 g/mol. The molecule has 2 atom stereocenters. The third-order valence-electron chi connectivity index (χ3n) is 9.68. The lowest BCUT2D eigenvalue weighted by Gasteiger charge is -2.28. The molecule has 0 spiro atoms. The second-order valence-corrected chi connectivity index (χ2v) is 12.7. The number of carbonyl (C=O) groups is 2. The first-order valence-electron chi connectivity index (χ1n) is 16.8. The average Bonchev–Trinajstić information content (AvgIpc) is 3.39. The lowest BCUT2D eigenvalue weighted by molar-refractivity contribution is -0.143. The smallest absolute Gasteiger partial charge is 0.330 e. The average molecular weight is 630 g/mol. The van der Waals surface area contributed by atoms with Gasteiger partial charge in [0.2, 0.25) is 0 Å². The van der Waals surface area contributed by atoms with Crippen LogP contribution in [0, 0.1) is 27.7 Å². The first kappa shape index (κ1) is 33.7. The molecule has 0 fully saturated rings. The van der Waals surface area contributed by atoms with Crippen molar-refractivity contribution in [1.29, 1.82) is 0 Å². The lowest BCUT2D eigenvalue weighted by Crippen LogP contribution is -2.12. The second kappa shape index (κ2) is 14.8. The highest BCUT2D eigenvalue weighted by Crippen LogP contribution is 2.50. The summed E-state index contributed by atoms with van der Waals surface area (Å²) in [7, 11) is 0. The number of ether oxygens (including phenoxy) is 2. The maximum Gasteiger partial charge on any atom is 0.330 e. The van der Waals surface area contributed by atoms with E-state index in [-0.39, 0.29) is 24.4 Å². The summed E-state index contributed by atoms with van der Waals surface area (Å²) in [6.07, 6.45) is 3.80. The molecule has 0 amide bonds. The number of benzene rings is 4. The molecule has 0 saturated heterocycles. The Hall–Kier alpha value is -4.64. The molecule has 5 heteroatoms. The van der Waals surface area contributed by atoms with Gasteiger partial charge in [-0.1, -0.05) is 56.8 Å². The highest BCUT2D eigenvalue weighted by Gasteiger charge is 2.30. The number of hydrogen-bond acceptors (Lipinski definition) is 5. The molecular weight excluding hydrogens is 582 g/mol. The lowest BCUT2D eigenvalue weighted by atomic mass is 9.87. The zero-order chi connectivity index (χ0) is 33.7. The van der Waals surface area contributed by atoms with Gasteiger partial charge in [0.25, 0.3) is 0 Å². The molecule has 47 heavy (non-hydrogen) atoms. The molecule has 0 saturated carbocycles. The van der Waals surface area contributed by atoms with Crippen LogP contribution in [0.1, 0.15) is 90.3 Å². The van der Waals surface area contributed by atoms with Gasteiger partial charge in [0.05, 0.1) is 13.2 Å². The number of carbonyl (C=O) groups excluding carboxylic acids is 2. The SMILES string of the molecule is C=CC(=O)OCCC(CCOC(=O)CC)c1ccc2c(c1)C(CC)c1cc(N(c3ccc(C)c(C)c3)c3ccc(C)c(C)c3)ccc1-2. The predicted octanol–water partition coefficient (Wildman–Crippen LogP) is 10.5. The number of fused-ring (bicyclic) bond motifs is 3. The van der Waals surface area contributed by atoms with Crippen molar-refractivity contribution >= 4 is 29.0 Å². The van der Waals surface area contributed by atoms with Crippen molar-refractivity contribution in [2.75, 3.05) is 18.1 Å². The third kappa shape index (κ3) is 7.35. The molecule has 5 nitrogen and oxygen atoms in total. The first-order chi connectivity index (χ1) is 22.6. The van der Waals surface area contributed by atoms with Crippen molar-refractivity contribution in [3.05, 3.63) is 124 Å². The van der Waals surface area contributed by atoms with E-state index in [0.717, 1.165) is 23.5 Å². The van der Waals surface area contributed by atoms with Crippen LogP contribution in [0.2, 0.25) is 0 Å². The van der Waals surface area contributed by atoms with Gasteiger partial charge < -0.3 is 14.4 Å². The molecule has 0 radical (unpaired) electrons. The minimum Gasteiger partial charge on any atom is -0.466 e. The summed E-state index contributed by atoms with van der Waals surface area (Å²) in [6, 6.07) is 27.1. The van der Waals surface area contributed by atoms with Crippen molar-refractivity contribution in [2.45, 2.75) is 79.1 Å². The van der Waals surface area contributed by atoms with Gasteiger partial charge in [0.1, 0.15) is 0 Å². The highest BCUT2D eigenvalue weighted by atomic mass is 16.5. The van der Waals surface area contributed by atoms with Crippen LogP contribution in [-0.4, -0.2) is 25.2 Å². The van der Waals surface area contributed by atoms with Crippen LogP contribution in [0.15, 0.2) is 85.5 Å². The van der Waals surface area contributed by atoms with Crippen molar-refractivity contribution in [3.63, 3.8) is 0 Å². The highest BCUT2D eigenvalue weighted by molar-refractivity contribution is 5.85. The minimum absolute atomic E-state index is 0.0735. The van der Waals surface area contributed by atoms with Crippen LogP contribution in [0.5, 0.6) is 0 Å². The number of esters is 2. The van der Waals surface area contributed by atoms with Gasteiger partial charge in [-0.05, 0) is 139 Å². The summed E-state index contributed by atoms with van der Waals surface area (Å²) in [4.78, 5) is 26.0. The second-order valence-electron chi connectivity index (χ2n) is 12.7. The molecule has 1 aliphatic rings. The molecule has 244 valence electrons. The minimum atomic E-state index is -0.428. The van der Waals surface area contributed by atoms with Gasteiger partial charge in [0.15, 0.2) is 0 Å². The first-order valence-corrected chi connectivity index (χ1v) is 16.8. The standard InChI is InChI=1S/C42H47NO4/c1-8-36-39-25-32(31(19-21-46-41(44)9-2)20-22-47-42(45)10-3)13-17-37(39)38-18-16-35(26-40(36)38)43(33-14-11-27(4)29(6)23-33)34-15-12-28(5)30(7)24-34/h9,11-18,23-26,31,36H,2,8,10,19-22H2,1,3-7H3.